The highest BCUT2D eigenvalue weighted by atomic mass is 32.2. The van der Waals surface area contributed by atoms with Crippen LogP contribution in [0.25, 0.3) is 0 Å². The van der Waals surface area contributed by atoms with Crippen molar-refractivity contribution in [1.29, 1.82) is 0 Å². The van der Waals surface area contributed by atoms with Crippen LogP contribution < -0.4 is 0 Å². The SMILES string of the molecule is CC1CC(O)c2cccc(F)c2CS1. The first-order chi connectivity index (χ1) is 6.68. The van der Waals surface area contributed by atoms with Crippen LogP contribution in [-0.2, 0) is 5.75 Å². The summed E-state index contributed by atoms with van der Waals surface area (Å²) in [5.41, 5.74) is 1.44. The van der Waals surface area contributed by atoms with Crippen LogP contribution in [-0.4, -0.2) is 10.4 Å². The van der Waals surface area contributed by atoms with Crippen molar-refractivity contribution in [2.75, 3.05) is 0 Å². The summed E-state index contributed by atoms with van der Waals surface area (Å²) in [5, 5.41) is 10.2. The number of fused-ring (bicyclic) bond motifs is 1. The van der Waals surface area contributed by atoms with E-state index in [2.05, 4.69) is 6.92 Å². The van der Waals surface area contributed by atoms with Gasteiger partial charge in [0.15, 0.2) is 0 Å². The Kier molecular flexibility index (Phi) is 2.79. The highest BCUT2D eigenvalue weighted by molar-refractivity contribution is 7.99. The van der Waals surface area contributed by atoms with Crippen LogP contribution >= 0.6 is 11.8 Å². The minimum atomic E-state index is -0.509. The first-order valence-corrected chi connectivity index (χ1v) is 5.80. The molecule has 1 aromatic carbocycles. The van der Waals surface area contributed by atoms with Gasteiger partial charge < -0.3 is 5.11 Å². The summed E-state index contributed by atoms with van der Waals surface area (Å²) in [6.07, 6.45) is 0.201. The number of hydrogen-bond donors (Lipinski definition) is 1. The van der Waals surface area contributed by atoms with Gasteiger partial charge in [-0.1, -0.05) is 19.1 Å². The lowest BCUT2D eigenvalue weighted by atomic mass is 10.00. The molecule has 0 radical (unpaired) electrons. The second-order valence-electron chi connectivity index (χ2n) is 3.68. The smallest absolute Gasteiger partial charge is 0.127 e. The molecule has 1 aliphatic heterocycles. The molecule has 14 heavy (non-hydrogen) atoms. The third-order valence-electron chi connectivity index (χ3n) is 2.58. The van der Waals surface area contributed by atoms with Gasteiger partial charge in [0.1, 0.15) is 5.82 Å². The number of thioether (sulfide) groups is 1. The number of benzene rings is 1. The van der Waals surface area contributed by atoms with Gasteiger partial charge in [-0.05, 0) is 18.1 Å². The summed E-state index contributed by atoms with van der Waals surface area (Å²) >= 11 is 1.70. The Balaban J connectivity index is 2.43. The Morgan fingerprint density at radius 3 is 3.07 bits per heavy atom. The van der Waals surface area contributed by atoms with Crippen LogP contribution in [0, 0.1) is 5.82 Å². The van der Waals surface area contributed by atoms with Gasteiger partial charge in [-0.3, -0.25) is 0 Å². The molecule has 76 valence electrons. The predicted molar refractivity (Wildman–Crippen MR) is 56.7 cm³/mol. The summed E-state index contributed by atoms with van der Waals surface area (Å²) in [7, 11) is 0. The molecular formula is C11H13FOS. The van der Waals surface area contributed by atoms with Crippen molar-refractivity contribution >= 4 is 11.8 Å². The summed E-state index contributed by atoms with van der Waals surface area (Å²) in [6.45, 7) is 2.07. The van der Waals surface area contributed by atoms with Gasteiger partial charge in [0.2, 0.25) is 0 Å². The van der Waals surface area contributed by atoms with E-state index in [4.69, 9.17) is 0 Å². The van der Waals surface area contributed by atoms with Gasteiger partial charge in [-0.2, -0.15) is 11.8 Å². The Bertz CT molecular complexity index is 340. The molecule has 0 saturated carbocycles. The third kappa shape index (κ3) is 1.79. The van der Waals surface area contributed by atoms with Crippen molar-refractivity contribution in [2.45, 2.75) is 30.5 Å². The van der Waals surface area contributed by atoms with Crippen LogP contribution in [0.1, 0.15) is 30.6 Å². The molecule has 1 aromatic rings. The van der Waals surface area contributed by atoms with E-state index in [0.29, 0.717) is 23.0 Å². The molecule has 1 heterocycles. The lowest BCUT2D eigenvalue weighted by molar-refractivity contribution is 0.168. The monoisotopic (exact) mass is 212 g/mol. The number of aliphatic hydroxyl groups excluding tert-OH is 1. The van der Waals surface area contributed by atoms with Crippen molar-refractivity contribution in [2.24, 2.45) is 0 Å². The second-order valence-corrected chi connectivity index (χ2v) is 5.11. The average Bonchev–Trinajstić information content (AvgIpc) is 2.28. The highest BCUT2D eigenvalue weighted by Crippen LogP contribution is 2.35. The molecule has 0 fully saturated rings. The molecular weight excluding hydrogens is 199 g/mol. The molecule has 2 atom stereocenters. The van der Waals surface area contributed by atoms with Crippen molar-refractivity contribution in [3.63, 3.8) is 0 Å². The van der Waals surface area contributed by atoms with E-state index >= 15 is 0 Å². The van der Waals surface area contributed by atoms with Crippen molar-refractivity contribution < 1.29 is 9.50 Å². The molecule has 0 aliphatic carbocycles. The van der Waals surface area contributed by atoms with Crippen molar-refractivity contribution in [3.8, 4) is 0 Å². The van der Waals surface area contributed by atoms with Gasteiger partial charge in [0, 0.05) is 16.6 Å². The topological polar surface area (TPSA) is 20.2 Å². The standard InChI is InChI=1S/C11H13FOS/c1-7-5-11(13)8-3-2-4-10(12)9(8)6-14-7/h2-4,7,11,13H,5-6H2,1H3. The predicted octanol–water partition coefficient (Wildman–Crippen LogP) is 2.88. The largest absolute Gasteiger partial charge is 0.388 e. The molecule has 1 nitrogen and oxygen atoms in total. The summed E-state index contributed by atoms with van der Waals surface area (Å²) in [5.74, 6) is 0.475. The fraction of sp³-hybridized carbons (Fsp3) is 0.455. The highest BCUT2D eigenvalue weighted by Gasteiger charge is 2.22. The molecule has 2 unspecified atom stereocenters. The lowest BCUT2D eigenvalue weighted by Gasteiger charge is -2.12. The molecule has 2 rings (SSSR count). The Labute approximate surface area is 87.3 Å². The summed E-state index contributed by atoms with van der Waals surface area (Å²) in [6, 6.07) is 4.95. The fourth-order valence-electron chi connectivity index (χ4n) is 1.77. The molecule has 0 aromatic heterocycles. The molecule has 0 spiro atoms. The third-order valence-corrected chi connectivity index (χ3v) is 3.80. The average molecular weight is 212 g/mol. The quantitative estimate of drug-likeness (QED) is 0.713. The Morgan fingerprint density at radius 1 is 1.50 bits per heavy atom. The fourth-order valence-corrected chi connectivity index (χ4v) is 2.85. The Hall–Kier alpha value is -0.540. The van der Waals surface area contributed by atoms with Crippen LogP contribution in [0.2, 0.25) is 0 Å². The minimum Gasteiger partial charge on any atom is -0.388 e. The maximum Gasteiger partial charge on any atom is 0.127 e. The van der Waals surface area contributed by atoms with E-state index in [1.165, 1.54) is 6.07 Å². The zero-order chi connectivity index (χ0) is 10.1. The zero-order valence-electron chi connectivity index (χ0n) is 8.03. The first-order valence-electron chi connectivity index (χ1n) is 4.75. The zero-order valence-corrected chi connectivity index (χ0v) is 8.85. The normalized spacial score (nSPS) is 26.8. The summed E-state index contributed by atoms with van der Waals surface area (Å²) < 4.78 is 13.4. The molecule has 0 amide bonds. The van der Waals surface area contributed by atoms with Crippen molar-refractivity contribution in [1.82, 2.24) is 0 Å². The maximum atomic E-state index is 13.4. The Morgan fingerprint density at radius 2 is 2.29 bits per heavy atom. The second kappa shape index (κ2) is 3.91. The first kappa shape index (κ1) is 9.99. The van der Waals surface area contributed by atoms with E-state index in [9.17, 15) is 9.50 Å². The van der Waals surface area contributed by atoms with E-state index in [1.54, 1.807) is 17.8 Å². The van der Waals surface area contributed by atoms with Crippen LogP contribution in [0.15, 0.2) is 18.2 Å². The van der Waals surface area contributed by atoms with Crippen LogP contribution in [0.5, 0.6) is 0 Å². The molecule has 1 N–H and O–H groups in total. The van der Waals surface area contributed by atoms with Gasteiger partial charge in [0.25, 0.3) is 0 Å². The lowest BCUT2D eigenvalue weighted by Crippen LogP contribution is -2.04. The van der Waals surface area contributed by atoms with Gasteiger partial charge >= 0.3 is 0 Å². The van der Waals surface area contributed by atoms with E-state index < -0.39 is 6.10 Å². The maximum absolute atomic E-state index is 13.4. The summed E-state index contributed by atoms with van der Waals surface area (Å²) in [4.78, 5) is 0. The van der Waals surface area contributed by atoms with E-state index in [0.717, 1.165) is 5.56 Å². The van der Waals surface area contributed by atoms with E-state index in [1.807, 2.05) is 6.07 Å². The van der Waals surface area contributed by atoms with Gasteiger partial charge in [-0.25, -0.2) is 4.39 Å². The van der Waals surface area contributed by atoms with E-state index in [-0.39, 0.29) is 5.82 Å². The molecule has 0 bridgehead atoms. The number of aliphatic hydroxyl groups is 1. The molecule has 1 aliphatic rings. The van der Waals surface area contributed by atoms with Gasteiger partial charge in [0.05, 0.1) is 6.10 Å². The minimum absolute atomic E-state index is 0.192. The molecule has 0 saturated heterocycles. The van der Waals surface area contributed by atoms with Crippen molar-refractivity contribution in [3.05, 3.63) is 35.1 Å². The van der Waals surface area contributed by atoms with Gasteiger partial charge in [-0.15, -0.1) is 0 Å². The number of halogens is 1. The van der Waals surface area contributed by atoms with Crippen LogP contribution in [0.3, 0.4) is 0 Å². The number of hydrogen-bond acceptors (Lipinski definition) is 2. The number of rotatable bonds is 0. The van der Waals surface area contributed by atoms with Crippen LogP contribution in [0.4, 0.5) is 4.39 Å². The molecule has 3 heteroatoms.